The van der Waals surface area contributed by atoms with Crippen LogP contribution in [0.4, 0.5) is 0 Å². The summed E-state index contributed by atoms with van der Waals surface area (Å²) in [7, 11) is 0. The van der Waals surface area contributed by atoms with Gasteiger partial charge in [0.05, 0.1) is 10.6 Å². The van der Waals surface area contributed by atoms with E-state index < -0.39 is 0 Å². The SMILES string of the molecule is CCCNC(Cc1ccc(Br)cc1)c1snnc1C. The molecule has 0 amide bonds. The molecule has 1 aromatic carbocycles. The molecular weight excluding hydrogens is 322 g/mol. The quantitative estimate of drug-likeness (QED) is 0.867. The van der Waals surface area contributed by atoms with E-state index in [1.165, 1.54) is 22.0 Å². The number of hydrogen-bond donors (Lipinski definition) is 1. The van der Waals surface area contributed by atoms with Crippen LogP contribution in [0.2, 0.25) is 0 Å². The van der Waals surface area contributed by atoms with E-state index in [4.69, 9.17) is 0 Å². The van der Waals surface area contributed by atoms with Gasteiger partial charge in [0.1, 0.15) is 0 Å². The van der Waals surface area contributed by atoms with Crippen LogP contribution in [0.5, 0.6) is 0 Å². The predicted octanol–water partition coefficient (Wildman–Crippen LogP) is 3.89. The highest BCUT2D eigenvalue weighted by Gasteiger charge is 2.17. The van der Waals surface area contributed by atoms with Crippen molar-refractivity contribution >= 4 is 27.5 Å². The maximum absolute atomic E-state index is 4.12. The first kappa shape index (κ1) is 14.6. The first-order chi connectivity index (χ1) is 9.20. The van der Waals surface area contributed by atoms with E-state index in [2.05, 4.69) is 62.0 Å². The molecule has 3 nitrogen and oxygen atoms in total. The fourth-order valence-electron chi connectivity index (χ4n) is 1.99. The molecule has 1 heterocycles. The van der Waals surface area contributed by atoms with Crippen LogP contribution in [0.1, 0.15) is 35.5 Å². The van der Waals surface area contributed by atoms with Crippen molar-refractivity contribution in [2.75, 3.05) is 6.54 Å². The zero-order chi connectivity index (χ0) is 13.7. The van der Waals surface area contributed by atoms with Crippen LogP contribution < -0.4 is 5.32 Å². The zero-order valence-electron chi connectivity index (χ0n) is 11.2. The molecule has 5 heteroatoms. The minimum absolute atomic E-state index is 0.307. The van der Waals surface area contributed by atoms with E-state index in [0.717, 1.165) is 29.6 Å². The highest BCUT2D eigenvalue weighted by molar-refractivity contribution is 9.10. The topological polar surface area (TPSA) is 37.8 Å². The molecule has 2 aromatic rings. The first-order valence-electron chi connectivity index (χ1n) is 6.47. The molecule has 19 heavy (non-hydrogen) atoms. The van der Waals surface area contributed by atoms with Crippen molar-refractivity contribution in [1.82, 2.24) is 14.9 Å². The molecule has 102 valence electrons. The largest absolute Gasteiger partial charge is 0.309 e. The standard InChI is InChI=1S/C14H18BrN3S/c1-3-8-16-13(14-10(2)17-18-19-14)9-11-4-6-12(15)7-5-11/h4-7,13,16H,3,8-9H2,1-2H3. The Hall–Kier alpha value is -0.780. The summed E-state index contributed by atoms with van der Waals surface area (Å²) in [6, 6.07) is 8.80. The molecule has 0 aliphatic carbocycles. The lowest BCUT2D eigenvalue weighted by atomic mass is 10.0. The fourth-order valence-corrected chi connectivity index (χ4v) is 2.97. The highest BCUT2D eigenvalue weighted by Crippen LogP contribution is 2.24. The molecule has 1 aromatic heterocycles. The lowest BCUT2D eigenvalue weighted by Gasteiger charge is -2.17. The van der Waals surface area contributed by atoms with Crippen molar-refractivity contribution in [3.05, 3.63) is 44.9 Å². The van der Waals surface area contributed by atoms with Crippen molar-refractivity contribution in [3.63, 3.8) is 0 Å². The molecule has 0 bridgehead atoms. The molecule has 0 spiro atoms. The average molecular weight is 340 g/mol. The van der Waals surface area contributed by atoms with Crippen LogP contribution in [-0.2, 0) is 6.42 Å². The molecule has 2 rings (SSSR count). The van der Waals surface area contributed by atoms with Crippen LogP contribution in [0, 0.1) is 6.92 Å². The maximum Gasteiger partial charge on any atom is 0.0772 e. The third kappa shape index (κ3) is 4.09. The third-order valence-electron chi connectivity index (χ3n) is 3.00. The van der Waals surface area contributed by atoms with Crippen molar-refractivity contribution in [3.8, 4) is 0 Å². The summed E-state index contributed by atoms with van der Waals surface area (Å²) >= 11 is 4.97. The number of benzene rings is 1. The van der Waals surface area contributed by atoms with Crippen molar-refractivity contribution in [2.45, 2.75) is 32.7 Å². The summed E-state index contributed by atoms with van der Waals surface area (Å²) in [6.45, 7) is 5.22. The Bertz CT molecular complexity index is 510. The number of aryl methyl sites for hydroxylation is 1. The molecule has 0 aliphatic rings. The van der Waals surface area contributed by atoms with Gasteiger partial charge in [-0.15, -0.1) is 5.10 Å². The summed E-state index contributed by atoms with van der Waals surface area (Å²) in [5, 5.41) is 7.72. The normalized spacial score (nSPS) is 12.6. The molecule has 1 unspecified atom stereocenters. The van der Waals surface area contributed by atoms with Crippen molar-refractivity contribution < 1.29 is 0 Å². The molecule has 0 aliphatic heterocycles. The van der Waals surface area contributed by atoms with Gasteiger partial charge < -0.3 is 5.32 Å². The van der Waals surface area contributed by atoms with Crippen LogP contribution in [0.25, 0.3) is 0 Å². The molecule has 0 saturated carbocycles. The number of nitrogens with one attached hydrogen (secondary N) is 1. The number of aromatic nitrogens is 2. The average Bonchev–Trinajstić information content (AvgIpc) is 2.83. The summed E-state index contributed by atoms with van der Waals surface area (Å²) < 4.78 is 5.17. The van der Waals surface area contributed by atoms with Gasteiger partial charge in [0.15, 0.2) is 0 Å². The van der Waals surface area contributed by atoms with Crippen LogP contribution in [0.3, 0.4) is 0 Å². The number of hydrogen-bond acceptors (Lipinski definition) is 4. The summed E-state index contributed by atoms with van der Waals surface area (Å²) in [6.07, 6.45) is 2.10. The molecular formula is C14H18BrN3S. The van der Waals surface area contributed by atoms with Crippen LogP contribution >= 0.6 is 27.5 Å². The number of rotatable bonds is 6. The Balaban J connectivity index is 2.14. The van der Waals surface area contributed by atoms with Gasteiger partial charge in [0, 0.05) is 10.5 Å². The molecule has 1 atom stereocenters. The second-order valence-electron chi connectivity index (χ2n) is 4.56. The summed E-state index contributed by atoms with van der Waals surface area (Å²) in [5.74, 6) is 0. The smallest absolute Gasteiger partial charge is 0.0772 e. The van der Waals surface area contributed by atoms with Gasteiger partial charge in [-0.05, 0) is 55.5 Å². The van der Waals surface area contributed by atoms with Crippen LogP contribution in [0.15, 0.2) is 28.7 Å². The Morgan fingerprint density at radius 3 is 2.63 bits per heavy atom. The van der Waals surface area contributed by atoms with E-state index in [1.807, 2.05) is 6.92 Å². The number of nitrogens with zero attached hydrogens (tertiary/aromatic N) is 2. The molecule has 0 fully saturated rings. The lowest BCUT2D eigenvalue weighted by molar-refractivity contribution is 0.533. The Morgan fingerprint density at radius 2 is 2.05 bits per heavy atom. The van der Waals surface area contributed by atoms with Gasteiger partial charge in [-0.2, -0.15) is 0 Å². The Kier molecular flexibility index (Phi) is 5.48. The van der Waals surface area contributed by atoms with Gasteiger partial charge in [-0.3, -0.25) is 0 Å². The van der Waals surface area contributed by atoms with Gasteiger partial charge in [-0.25, -0.2) is 0 Å². The van der Waals surface area contributed by atoms with E-state index >= 15 is 0 Å². The second-order valence-corrected chi connectivity index (χ2v) is 6.26. The van der Waals surface area contributed by atoms with Crippen LogP contribution in [-0.4, -0.2) is 16.1 Å². The minimum atomic E-state index is 0.307. The first-order valence-corrected chi connectivity index (χ1v) is 8.04. The number of halogens is 1. The van der Waals surface area contributed by atoms with Crippen molar-refractivity contribution in [2.24, 2.45) is 0 Å². The predicted molar refractivity (Wildman–Crippen MR) is 83.5 cm³/mol. The fraction of sp³-hybridized carbons (Fsp3) is 0.429. The van der Waals surface area contributed by atoms with Gasteiger partial charge in [0.2, 0.25) is 0 Å². The van der Waals surface area contributed by atoms with E-state index in [9.17, 15) is 0 Å². The van der Waals surface area contributed by atoms with Gasteiger partial charge >= 0.3 is 0 Å². The molecule has 1 N–H and O–H groups in total. The Morgan fingerprint density at radius 1 is 1.32 bits per heavy atom. The van der Waals surface area contributed by atoms with Gasteiger partial charge in [0.25, 0.3) is 0 Å². The minimum Gasteiger partial charge on any atom is -0.309 e. The van der Waals surface area contributed by atoms with E-state index in [0.29, 0.717) is 6.04 Å². The molecule has 0 saturated heterocycles. The van der Waals surface area contributed by atoms with Crippen molar-refractivity contribution in [1.29, 1.82) is 0 Å². The zero-order valence-corrected chi connectivity index (χ0v) is 13.6. The van der Waals surface area contributed by atoms with E-state index in [1.54, 1.807) is 0 Å². The second kappa shape index (κ2) is 7.12. The lowest BCUT2D eigenvalue weighted by Crippen LogP contribution is -2.24. The van der Waals surface area contributed by atoms with Gasteiger partial charge in [-0.1, -0.05) is 39.5 Å². The summed E-state index contributed by atoms with van der Waals surface area (Å²) in [4.78, 5) is 1.25. The Labute approximate surface area is 126 Å². The monoisotopic (exact) mass is 339 g/mol. The maximum atomic E-state index is 4.12. The molecule has 0 radical (unpaired) electrons. The van der Waals surface area contributed by atoms with E-state index in [-0.39, 0.29) is 0 Å². The highest BCUT2D eigenvalue weighted by atomic mass is 79.9. The summed E-state index contributed by atoms with van der Waals surface area (Å²) in [5.41, 5.74) is 2.36. The third-order valence-corrected chi connectivity index (χ3v) is 4.47.